The fraction of sp³-hybridized carbons (Fsp3) is 0.167. The van der Waals surface area contributed by atoms with Crippen LogP contribution in [0.15, 0.2) is 52.3 Å². The lowest BCUT2D eigenvalue weighted by atomic mass is 10.1. The quantitative estimate of drug-likeness (QED) is 0.663. The Labute approximate surface area is 148 Å². The van der Waals surface area contributed by atoms with Crippen molar-refractivity contribution in [3.05, 3.63) is 58.4 Å². The Balaban J connectivity index is 1.97. The summed E-state index contributed by atoms with van der Waals surface area (Å²) in [5, 5.41) is 13.3. The number of fused-ring (bicyclic) bond motifs is 3. The number of benzene rings is 2. The molecule has 0 saturated heterocycles. The van der Waals surface area contributed by atoms with Gasteiger partial charge in [-0.15, -0.1) is 0 Å². The molecule has 132 valence electrons. The zero-order valence-electron chi connectivity index (χ0n) is 14.0. The van der Waals surface area contributed by atoms with E-state index < -0.39 is 6.17 Å². The SMILES string of the molecule is CCOc1cc([C@H]2N=C(N)Nc3nc(=O)c4ccccc4n32)ccc1O. The molecule has 2 aromatic carbocycles. The number of aliphatic imine (C=N–C) groups is 1. The number of rotatable bonds is 3. The summed E-state index contributed by atoms with van der Waals surface area (Å²) in [6, 6.07) is 12.2. The Bertz CT molecular complexity index is 1090. The van der Waals surface area contributed by atoms with E-state index >= 15 is 0 Å². The molecule has 0 radical (unpaired) electrons. The molecule has 8 nitrogen and oxygen atoms in total. The lowest BCUT2D eigenvalue weighted by Gasteiger charge is -2.27. The van der Waals surface area contributed by atoms with Gasteiger partial charge < -0.3 is 15.6 Å². The number of hydrogen-bond donors (Lipinski definition) is 3. The number of para-hydroxylation sites is 1. The number of nitrogens with one attached hydrogen (secondary N) is 1. The number of guanidine groups is 1. The molecule has 8 heteroatoms. The monoisotopic (exact) mass is 351 g/mol. The van der Waals surface area contributed by atoms with Gasteiger partial charge in [-0.3, -0.25) is 14.7 Å². The third-order valence-corrected chi connectivity index (χ3v) is 4.16. The van der Waals surface area contributed by atoms with E-state index in [2.05, 4.69) is 15.3 Å². The van der Waals surface area contributed by atoms with E-state index in [4.69, 9.17) is 10.5 Å². The van der Waals surface area contributed by atoms with Crippen LogP contribution in [-0.4, -0.2) is 27.2 Å². The number of nitrogens with zero attached hydrogens (tertiary/aromatic N) is 3. The number of phenolic OH excluding ortho intramolecular Hbond substituents is 1. The molecule has 0 unspecified atom stereocenters. The second kappa shape index (κ2) is 6.07. The minimum absolute atomic E-state index is 0.0459. The van der Waals surface area contributed by atoms with Gasteiger partial charge >= 0.3 is 0 Å². The van der Waals surface area contributed by atoms with Crippen LogP contribution >= 0.6 is 0 Å². The molecule has 1 aromatic heterocycles. The van der Waals surface area contributed by atoms with Crippen LogP contribution in [0.1, 0.15) is 18.7 Å². The average molecular weight is 351 g/mol. The lowest BCUT2D eigenvalue weighted by Crippen LogP contribution is -2.34. The topological polar surface area (TPSA) is 115 Å². The van der Waals surface area contributed by atoms with Crippen molar-refractivity contribution in [1.29, 1.82) is 0 Å². The molecule has 4 rings (SSSR count). The zero-order valence-corrected chi connectivity index (χ0v) is 14.0. The highest BCUT2D eigenvalue weighted by atomic mass is 16.5. The number of aromatic nitrogens is 2. The highest BCUT2D eigenvalue weighted by molar-refractivity contribution is 5.93. The predicted octanol–water partition coefficient (Wildman–Crippen LogP) is 1.79. The zero-order chi connectivity index (χ0) is 18.3. The Hall–Kier alpha value is -3.55. The van der Waals surface area contributed by atoms with Gasteiger partial charge in [0.05, 0.1) is 17.5 Å². The van der Waals surface area contributed by atoms with E-state index in [0.717, 1.165) is 5.56 Å². The molecule has 0 bridgehead atoms. The second-order valence-electron chi connectivity index (χ2n) is 5.80. The highest BCUT2D eigenvalue weighted by Crippen LogP contribution is 2.34. The van der Waals surface area contributed by atoms with Crippen LogP contribution in [0.4, 0.5) is 5.95 Å². The van der Waals surface area contributed by atoms with Gasteiger partial charge in [0.1, 0.15) is 0 Å². The maximum Gasteiger partial charge on any atom is 0.282 e. The van der Waals surface area contributed by atoms with Crippen molar-refractivity contribution < 1.29 is 9.84 Å². The Kier molecular flexibility index (Phi) is 3.72. The number of nitrogens with two attached hydrogens (primary N) is 1. The summed E-state index contributed by atoms with van der Waals surface area (Å²) in [6.07, 6.45) is -0.552. The molecule has 1 aliphatic heterocycles. The van der Waals surface area contributed by atoms with Crippen LogP contribution < -0.4 is 21.3 Å². The van der Waals surface area contributed by atoms with Crippen molar-refractivity contribution >= 4 is 22.8 Å². The summed E-state index contributed by atoms with van der Waals surface area (Å²) in [7, 11) is 0. The maximum absolute atomic E-state index is 12.3. The molecule has 1 aliphatic rings. The van der Waals surface area contributed by atoms with Crippen LogP contribution in [0.5, 0.6) is 11.5 Å². The largest absolute Gasteiger partial charge is 0.504 e. The molecule has 0 aliphatic carbocycles. The minimum Gasteiger partial charge on any atom is -0.504 e. The Morgan fingerprint density at radius 2 is 2.12 bits per heavy atom. The molecule has 0 fully saturated rings. The van der Waals surface area contributed by atoms with Crippen LogP contribution in [0.25, 0.3) is 10.9 Å². The third-order valence-electron chi connectivity index (χ3n) is 4.16. The van der Waals surface area contributed by atoms with Crippen molar-refractivity contribution in [3.8, 4) is 11.5 Å². The molecule has 0 amide bonds. The maximum atomic E-state index is 12.3. The van der Waals surface area contributed by atoms with Gasteiger partial charge in [0.2, 0.25) is 5.95 Å². The summed E-state index contributed by atoms with van der Waals surface area (Å²) in [4.78, 5) is 20.9. The molecule has 0 spiro atoms. The Morgan fingerprint density at radius 3 is 2.92 bits per heavy atom. The average Bonchev–Trinajstić information content (AvgIpc) is 2.63. The summed E-state index contributed by atoms with van der Waals surface area (Å²) < 4.78 is 7.27. The van der Waals surface area contributed by atoms with Crippen molar-refractivity contribution in [2.75, 3.05) is 11.9 Å². The van der Waals surface area contributed by atoms with Gasteiger partial charge in [0.15, 0.2) is 23.6 Å². The molecular formula is C18H17N5O3. The van der Waals surface area contributed by atoms with Crippen molar-refractivity contribution in [2.45, 2.75) is 13.1 Å². The van der Waals surface area contributed by atoms with Crippen LogP contribution in [0.3, 0.4) is 0 Å². The first-order valence-corrected chi connectivity index (χ1v) is 8.15. The smallest absolute Gasteiger partial charge is 0.282 e. The minimum atomic E-state index is -0.552. The summed E-state index contributed by atoms with van der Waals surface area (Å²) in [6.45, 7) is 2.26. The first-order valence-electron chi connectivity index (χ1n) is 8.15. The van der Waals surface area contributed by atoms with E-state index in [1.54, 1.807) is 34.9 Å². The number of anilines is 1. The lowest BCUT2D eigenvalue weighted by molar-refractivity contribution is 0.317. The predicted molar refractivity (Wildman–Crippen MR) is 98.7 cm³/mol. The van der Waals surface area contributed by atoms with Crippen LogP contribution in [0.2, 0.25) is 0 Å². The first kappa shape index (κ1) is 15.9. The highest BCUT2D eigenvalue weighted by Gasteiger charge is 2.25. The van der Waals surface area contributed by atoms with E-state index in [1.807, 2.05) is 19.1 Å². The van der Waals surface area contributed by atoms with Crippen molar-refractivity contribution in [1.82, 2.24) is 9.55 Å². The second-order valence-corrected chi connectivity index (χ2v) is 5.80. The van der Waals surface area contributed by atoms with Crippen LogP contribution in [-0.2, 0) is 0 Å². The standard InChI is InChI=1S/C18H17N5O3/c1-2-26-14-9-10(7-8-13(14)24)15-20-17(19)22-18-21-16(25)11-5-3-4-6-12(11)23(15)18/h3-9,15,24H,2H2,1H3,(H3,19,20,21,22,25)/t15-/m0/s1. The number of hydrogen-bond acceptors (Lipinski definition) is 7. The molecule has 26 heavy (non-hydrogen) atoms. The summed E-state index contributed by atoms with van der Waals surface area (Å²) >= 11 is 0. The van der Waals surface area contributed by atoms with Crippen molar-refractivity contribution in [3.63, 3.8) is 0 Å². The van der Waals surface area contributed by atoms with Crippen molar-refractivity contribution in [2.24, 2.45) is 10.7 Å². The van der Waals surface area contributed by atoms with Gasteiger partial charge in [-0.25, -0.2) is 4.99 Å². The molecular weight excluding hydrogens is 334 g/mol. The summed E-state index contributed by atoms with van der Waals surface area (Å²) in [5.74, 6) is 0.877. The Morgan fingerprint density at radius 1 is 1.31 bits per heavy atom. The molecule has 1 atom stereocenters. The normalized spacial score (nSPS) is 15.9. The van der Waals surface area contributed by atoms with Gasteiger partial charge in [-0.05, 0) is 31.2 Å². The van der Waals surface area contributed by atoms with Gasteiger partial charge in [-0.1, -0.05) is 18.2 Å². The number of ether oxygens (including phenoxy) is 1. The fourth-order valence-electron chi connectivity index (χ4n) is 3.05. The van der Waals surface area contributed by atoms with E-state index in [0.29, 0.717) is 29.2 Å². The van der Waals surface area contributed by atoms with E-state index in [9.17, 15) is 9.90 Å². The van der Waals surface area contributed by atoms with E-state index in [1.165, 1.54) is 0 Å². The molecule has 0 saturated carbocycles. The van der Waals surface area contributed by atoms with Gasteiger partial charge in [-0.2, -0.15) is 4.98 Å². The summed E-state index contributed by atoms with van der Waals surface area (Å²) in [5.41, 5.74) is 6.99. The third kappa shape index (κ3) is 2.52. The molecule has 3 aromatic rings. The number of phenols is 1. The first-order chi connectivity index (χ1) is 12.6. The van der Waals surface area contributed by atoms with Gasteiger partial charge in [0, 0.05) is 5.56 Å². The van der Waals surface area contributed by atoms with Crippen LogP contribution in [0, 0.1) is 0 Å². The van der Waals surface area contributed by atoms with Gasteiger partial charge in [0.25, 0.3) is 5.56 Å². The fourth-order valence-corrected chi connectivity index (χ4v) is 3.05. The molecule has 4 N–H and O–H groups in total. The molecule has 2 heterocycles. The van der Waals surface area contributed by atoms with E-state index in [-0.39, 0.29) is 17.3 Å². The number of aromatic hydroxyl groups is 1.